The molecule has 1 unspecified atom stereocenters. The number of benzene rings is 1. The van der Waals surface area contributed by atoms with Crippen molar-refractivity contribution in [3.05, 3.63) is 33.8 Å². The van der Waals surface area contributed by atoms with E-state index >= 15 is 0 Å². The number of carboxylic acids is 1. The Kier molecular flexibility index (Phi) is 3.64. The van der Waals surface area contributed by atoms with Crippen LogP contribution in [0.5, 0.6) is 0 Å². The molecule has 16 heavy (non-hydrogen) atoms. The highest BCUT2D eigenvalue weighted by Gasteiger charge is 2.27. The molecule has 1 aliphatic heterocycles. The molecule has 0 bridgehead atoms. The minimum absolute atomic E-state index is 0.118. The van der Waals surface area contributed by atoms with Gasteiger partial charge in [-0.3, -0.25) is 5.32 Å². The Bertz CT molecular complexity index is 427. The van der Waals surface area contributed by atoms with Gasteiger partial charge in [0.05, 0.1) is 17.4 Å². The number of carbonyl (C=O) groups is 1. The highest BCUT2D eigenvalue weighted by molar-refractivity contribution is 7.99. The van der Waals surface area contributed by atoms with Crippen molar-refractivity contribution in [2.75, 3.05) is 5.75 Å². The van der Waals surface area contributed by atoms with Crippen LogP contribution >= 0.6 is 35.0 Å². The molecule has 2 rings (SSSR count). The van der Waals surface area contributed by atoms with Gasteiger partial charge in [-0.15, -0.1) is 11.8 Å². The first-order chi connectivity index (χ1) is 7.58. The zero-order chi connectivity index (χ0) is 11.7. The average Bonchev–Trinajstić information content (AvgIpc) is 2.66. The number of thioether (sulfide) groups is 1. The third-order valence-corrected chi connectivity index (χ3v) is 4.12. The quantitative estimate of drug-likeness (QED) is 0.889. The van der Waals surface area contributed by atoms with E-state index in [0.717, 1.165) is 5.56 Å². The number of hydrogen-bond donors (Lipinski definition) is 1. The van der Waals surface area contributed by atoms with Gasteiger partial charge in [0.25, 0.3) is 0 Å². The summed E-state index contributed by atoms with van der Waals surface area (Å²) in [6.07, 6.45) is 0. The van der Waals surface area contributed by atoms with Crippen LogP contribution in [0.25, 0.3) is 0 Å². The lowest BCUT2D eigenvalue weighted by molar-refractivity contribution is -0.307. The molecule has 0 spiro atoms. The molecule has 0 aromatic heterocycles. The van der Waals surface area contributed by atoms with Crippen LogP contribution in [-0.2, 0) is 4.79 Å². The Morgan fingerprint density at radius 3 is 2.81 bits per heavy atom. The van der Waals surface area contributed by atoms with Gasteiger partial charge in [0.1, 0.15) is 0 Å². The van der Waals surface area contributed by atoms with Crippen molar-refractivity contribution in [2.24, 2.45) is 0 Å². The largest absolute Gasteiger partial charge is 0.548 e. The summed E-state index contributed by atoms with van der Waals surface area (Å²) >= 11 is 13.3. The number of halogens is 2. The van der Waals surface area contributed by atoms with E-state index in [-0.39, 0.29) is 5.37 Å². The molecule has 1 heterocycles. The maximum atomic E-state index is 10.7. The number of rotatable bonds is 2. The summed E-state index contributed by atoms with van der Waals surface area (Å²) in [5, 5.41) is 14.6. The first-order valence-electron chi connectivity index (χ1n) is 4.61. The minimum atomic E-state index is -1.08. The normalized spacial score (nSPS) is 24.6. The van der Waals surface area contributed by atoms with Gasteiger partial charge in [0.15, 0.2) is 0 Å². The van der Waals surface area contributed by atoms with Crippen LogP contribution in [-0.4, -0.2) is 17.8 Å². The van der Waals surface area contributed by atoms with Gasteiger partial charge in [-0.1, -0.05) is 29.3 Å². The summed E-state index contributed by atoms with van der Waals surface area (Å²) in [5.41, 5.74) is 0.847. The molecule has 1 aromatic rings. The molecule has 1 N–H and O–H groups in total. The van der Waals surface area contributed by atoms with Crippen molar-refractivity contribution >= 4 is 40.9 Å². The van der Waals surface area contributed by atoms with Crippen LogP contribution < -0.4 is 10.4 Å². The summed E-state index contributed by atoms with van der Waals surface area (Å²) in [7, 11) is 0. The summed E-state index contributed by atoms with van der Waals surface area (Å²) in [6, 6.07) is 4.55. The van der Waals surface area contributed by atoms with Crippen LogP contribution in [0.15, 0.2) is 18.2 Å². The number of hydrogen-bond acceptors (Lipinski definition) is 4. The first kappa shape index (κ1) is 12.0. The zero-order valence-electron chi connectivity index (χ0n) is 8.07. The average molecular weight is 277 g/mol. The Labute approximate surface area is 107 Å². The Morgan fingerprint density at radius 2 is 2.25 bits per heavy atom. The fraction of sp³-hybridized carbons (Fsp3) is 0.300. The summed E-state index contributed by atoms with van der Waals surface area (Å²) < 4.78 is 0. The van der Waals surface area contributed by atoms with Crippen LogP contribution in [0.4, 0.5) is 0 Å². The molecule has 0 amide bonds. The Hall–Kier alpha value is -0.420. The molecule has 1 saturated heterocycles. The van der Waals surface area contributed by atoms with E-state index in [2.05, 4.69) is 5.32 Å². The van der Waals surface area contributed by atoms with Crippen molar-refractivity contribution in [2.45, 2.75) is 11.4 Å². The van der Waals surface area contributed by atoms with E-state index < -0.39 is 12.0 Å². The third-order valence-electron chi connectivity index (χ3n) is 2.31. The van der Waals surface area contributed by atoms with Crippen molar-refractivity contribution < 1.29 is 9.90 Å². The molecule has 2 atom stereocenters. The second-order valence-corrected chi connectivity index (χ2v) is 5.40. The second-order valence-electron chi connectivity index (χ2n) is 3.42. The fourth-order valence-electron chi connectivity index (χ4n) is 1.50. The van der Waals surface area contributed by atoms with Gasteiger partial charge in [-0.25, -0.2) is 0 Å². The Morgan fingerprint density at radius 1 is 1.50 bits per heavy atom. The molecule has 0 aliphatic carbocycles. The number of carbonyl (C=O) groups excluding carboxylic acids is 1. The molecular formula is C10H8Cl2NO2S-. The number of carboxylic acid groups (broad SMARTS) is 1. The molecule has 0 saturated carbocycles. The van der Waals surface area contributed by atoms with Crippen LogP contribution in [0, 0.1) is 0 Å². The molecule has 86 valence electrons. The molecular weight excluding hydrogens is 269 g/mol. The number of nitrogens with one attached hydrogen (secondary N) is 1. The van der Waals surface area contributed by atoms with E-state index in [1.54, 1.807) is 18.2 Å². The SMILES string of the molecule is O=C([O-])[C@@H]1CSC(c2ccc(Cl)cc2Cl)N1. The summed E-state index contributed by atoms with van der Waals surface area (Å²) in [5.74, 6) is -0.605. The monoisotopic (exact) mass is 276 g/mol. The topological polar surface area (TPSA) is 52.2 Å². The van der Waals surface area contributed by atoms with E-state index in [4.69, 9.17) is 23.2 Å². The third kappa shape index (κ3) is 2.46. The van der Waals surface area contributed by atoms with E-state index in [0.29, 0.717) is 15.8 Å². The Balaban J connectivity index is 2.17. The molecule has 0 radical (unpaired) electrons. The molecule has 6 heteroatoms. The second kappa shape index (κ2) is 4.84. The van der Waals surface area contributed by atoms with Gasteiger partial charge in [-0.05, 0) is 17.7 Å². The lowest BCUT2D eigenvalue weighted by Gasteiger charge is -2.15. The molecule has 1 aromatic carbocycles. The van der Waals surface area contributed by atoms with E-state index in [9.17, 15) is 9.90 Å². The van der Waals surface area contributed by atoms with Crippen molar-refractivity contribution in [1.29, 1.82) is 0 Å². The van der Waals surface area contributed by atoms with Crippen LogP contribution in [0.1, 0.15) is 10.9 Å². The maximum Gasteiger partial charge on any atom is 0.0809 e. The highest BCUT2D eigenvalue weighted by Crippen LogP contribution is 2.37. The predicted molar refractivity (Wildman–Crippen MR) is 63.6 cm³/mol. The lowest BCUT2D eigenvalue weighted by Crippen LogP contribution is -2.43. The van der Waals surface area contributed by atoms with Crippen molar-refractivity contribution in [1.82, 2.24) is 5.32 Å². The van der Waals surface area contributed by atoms with Gasteiger partial charge >= 0.3 is 0 Å². The minimum Gasteiger partial charge on any atom is -0.548 e. The summed E-state index contributed by atoms with van der Waals surface area (Å²) in [6.45, 7) is 0. The van der Waals surface area contributed by atoms with E-state index in [1.807, 2.05) is 0 Å². The summed E-state index contributed by atoms with van der Waals surface area (Å²) in [4.78, 5) is 10.7. The molecule has 3 nitrogen and oxygen atoms in total. The van der Waals surface area contributed by atoms with Gasteiger partial charge < -0.3 is 9.90 Å². The van der Waals surface area contributed by atoms with Gasteiger partial charge in [-0.2, -0.15) is 0 Å². The highest BCUT2D eigenvalue weighted by atomic mass is 35.5. The molecule has 1 aliphatic rings. The van der Waals surface area contributed by atoms with Crippen molar-refractivity contribution in [3.63, 3.8) is 0 Å². The van der Waals surface area contributed by atoms with Gasteiger partial charge in [0, 0.05) is 15.8 Å². The van der Waals surface area contributed by atoms with E-state index in [1.165, 1.54) is 11.8 Å². The van der Waals surface area contributed by atoms with Crippen LogP contribution in [0.2, 0.25) is 10.0 Å². The fourth-order valence-corrected chi connectivity index (χ4v) is 3.35. The first-order valence-corrected chi connectivity index (χ1v) is 6.42. The maximum absolute atomic E-state index is 10.7. The standard InChI is InChI=1S/C10H9Cl2NO2S/c11-5-1-2-6(7(12)3-5)9-13-8(4-16-9)10(14)15/h1-3,8-9,13H,4H2,(H,14,15)/p-1/t8-,9?/m0/s1. The lowest BCUT2D eigenvalue weighted by atomic mass is 10.2. The van der Waals surface area contributed by atoms with Crippen molar-refractivity contribution in [3.8, 4) is 0 Å². The van der Waals surface area contributed by atoms with Crippen LogP contribution in [0.3, 0.4) is 0 Å². The van der Waals surface area contributed by atoms with Gasteiger partial charge in [0.2, 0.25) is 0 Å². The molecule has 1 fully saturated rings. The smallest absolute Gasteiger partial charge is 0.0809 e. The number of aliphatic carboxylic acids is 1. The predicted octanol–water partition coefficient (Wildman–Crippen LogP) is 1.45. The zero-order valence-corrected chi connectivity index (χ0v) is 10.4.